The molecule has 0 aliphatic carbocycles. The van der Waals surface area contributed by atoms with Crippen LogP contribution in [0.4, 0.5) is 8.78 Å². The maximum absolute atomic E-state index is 13.2. The van der Waals surface area contributed by atoms with Gasteiger partial charge in [0.25, 0.3) is 0 Å². The molecular weight excluding hydrogens is 303 g/mol. The van der Waals surface area contributed by atoms with Crippen molar-refractivity contribution < 1.29 is 8.78 Å². The van der Waals surface area contributed by atoms with Gasteiger partial charge in [-0.2, -0.15) is 0 Å². The molecule has 1 N–H and O–H groups in total. The minimum absolute atomic E-state index is 0.0876. The van der Waals surface area contributed by atoms with Gasteiger partial charge in [-0.15, -0.1) is 0 Å². The van der Waals surface area contributed by atoms with Gasteiger partial charge in [0, 0.05) is 11.6 Å². The third-order valence-electron chi connectivity index (χ3n) is 1.90. The van der Waals surface area contributed by atoms with E-state index in [1.165, 1.54) is 12.3 Å². The molecule has 0 unspecified atom stereocenters. The Labute approximate surface area is 91.1 Å². The average Bonchev–Trinajstić information content (AvgIpc) is 2.17. The Morgan fingerprint density at radius 1 is 1.29 bits per heavy atom. The highest BCUT2D eigenvalue weighted by molar-refractivity contribution is 14.1. The van der Waals surface area contributed by atoms with Crippen molar-refractivity contribution in [3.05, 3.63) is 43.8 Å². The van der Waals surface area contributed by atoms with E-state index >= 15 is 0 Å². The van der Waals surface area contributed by atoms with E-state index in [9.17, 15) is 13.6 Å². The monoisotopic (exact) mass is 307 g/mol. The molecule has 0 bridgehead atoms. The van der Waals surface area contributed by atoms with Crippen LogP contribution >= 0.6 is 22.6 Å². The fourth-order valence-electron chi connectivity index (χ4n) is 1.21. The number of aromatic nitrogens is 1. The minimum Gasteiger partial charge on any atom is -0.357 e. The van der Waals surface area contributed by atoms with E-state index in [1.807, 2.05) is 22.6 Å². The van der Waals surface area contributed by atoms with Gasteiger partial charge >= 0.3 is 0 Å². The number of aromatic amines is 1. The maximum atomic E-state index is 13.2. The summed E-state index contributed by atoms with van der Waals surface area (Å²) in [6.07, 6.45) is 1.35. The largest absolute Gasteiger partial charge is 0.357 e. The van der Waals surface area contributed by atoms with Gasteiger partial charge in [-0.3, -0.25) is 4.79 Å². The van der Waals surface area contributed by atoms with Gasteiger partial charge in [0.2, 0.25) is 5.43 Å². The molecule has 2 nitrogen and oxygen atoms in total. The molecule has 0 saturated heterocycles. The lowest BCUT2D eigenvalue weighted by Gasteiger charge is -2.00. The number of pyridine rings is 1. The standard InChI is InChI=1S/C9H4F2INO/c10-5-2-1-4-8(7(5)11)13-3-6(12)9(4)14/h1-3H,(H,13,14). The highest BCUT2D eigenvalue weighted by Gasteiger charge is 2.10. The molecule has 0 radical (unpaired) electrons. The third kappa shape index (κ3) is 1.31. The molecule has 1 aromatic carbocycles. The fraction of sp³-hybridized carbons (Fsp3) is 0. The normalized spacial score (nSPS) is 10.8. The molecule has 0 atom stereocenters. The number of hydrogen-bond acceptors (Lipinski definition) is 1. The van der Waals surface area contributed by atoms with Gasteiger partial charge in [0.15, 0.2) is 11.6 Å². The van der Waals surface area contributed by atoms with Crippen molar-refractivity contribution in [1.82, 2.24) is 4.98 Å². The van der Waals surface area contributed by atoms with Gasteiger partial charge < -0.3 is 4.98 Å². The summed E-state index contributed by atoms with van der Waals surface area (Å²) >= 11 is 1.83. The Kier molecular flexibility index (Phi) is 2.26. The summed E-state index contributed by atoms with van der Waals surface area (Å²) < 4.78 is 26.4. The van der Waals surface area contributed by atoms with Crippen LogP contribution in [0, 0.1) is 15.2 Å². The van der Waals surface area contributed by atoms with Crippen molar-refractivity contribution in [2.75, 3.05) is 0 Å². The second kappa shape index (κ2) is 3.30. The first-order valence-corrected chi connectivity index (χ1v) is 4.84. The summed E-state index contributed by atoms with van der Waals surface area (Å²) in [7, 11) is 0. The van der Waals surface area contributed by atoms with Gasteiger partial charge in [0.1, 0.15) is 0 Å². The number of hydrogen-bond donors (Lipinski definition) is 1. The highest BCUT2D eigenvalue weighted by Crippen LogP contribution is 2.16. The zero-order chi connectivity index (χ0) is 10.3. The first-order chi connectivity index (χ1) is 6.61. The zero-order valence-electron chi connectivity index (χ0n) is 6.77. The van der Waals surface area contributed by atoms with Crippen LogP contribution in [0.15, 0.2) is 23.1 Å². The number of fused-ring (bicyclic) bond motifs is 1. The average molecular weight is 307 g/mol. The van der Waals surface area contributed by atoms with Crippen LogP contribution in [0.5, 0.6) is 0 Å². The lowest BCUT2D eigenvalue weighted by atomic mass is 10.2. The second-order valence-electron chi connectivity index (χ2n) is 2.75. The van der Waals surface area contributed by atoms with Crippen LogP contribution < -0.4 is 5.43 Å². The molecule has 1 aromatic heterocycles. The summed E-state index contributed by atoms with van der Waals surface area (Å²) in [5.41, 5.74) is -0.381. The van der Waals surface area contributed by atoms with Crippen LogP contribution in [0.2, 0.25) is 0 Å². The molecule has 0 aliphatic heterocycles. The van der Waals surface area contributed by atoms with E-state index in [0.29, 0.717) is 3.57 Å². The molecular formula is C9H4F2INO. The van der Waals surface area contributed by atoms with E-state index in [2.05, 4.69) is 4.98 Å². The molecule has 0 amide bonds. The lowest BCUT2D eigenvalue weighted by Crippen LogP contribution is -2.07. The van der Waals surface area contributed by atoms with Crippen molar-refractivity contribution in [2.24, 2.45) is 0 Å². The van der Waals surface area contributed by atoms with Gasteiger partial charge in [-0.1, -0.05) is 0 Å². The number of nitrogens with one attached hydrogen (secondary N) is 1. The van der Waals surface area contributed by atoms with E-state index in [-0.39, 0.29) is 16.3 Å². The number of H-pyrrole nitrogens is 1. The maximum Gasteiger partial charge on any atom is 0.202 e. The van der Waals surface area contributed by atoms with Crippen LogP contribution in [-0.4, -0.2) is 4.98 Å². The highest BCUT2D eigenvalue weighted by atomic mass is 127. The smallest absolute Gasteiger partial charge is 0.202 e. The summed E-state index contributed by atoms with van der Waals surface area (Å²) in [6, 6.07) is 2.22. The van der Waals surface area contributed by atoms with E-state index in [1.54, 1.807) is 0 Å². The van der Waals surface area contributed by atoms with Crippen LogP contribution in [-0.2, 0) is 0 Å². The van der Waals surface area contributed by atoms with Gasteiger partial charge in [-0.25, -0.2) is 8.78 Å². The molecule has 2 rings (SSSR count). The predicted molar refractivity (Wildman–Crippen MR) is 57.2 cm³/mol. The van der Waals surface area contributed by atoms with E-state index in [0.717, 1.165) is 6.07 Å². The van der Waals surface area contributed by atoms with Crippen molar-refractivity contribution in [2.45, 2.75) is 0 Å². The van der Waals surface area contributed by atoms with Gasteiger partial charge in [0.05, 0.1) is 9.09 Å². The minimum atomic E-state index is -1.02. The number of halogens is 3. The molecule has 5 heteroatoms. The molecule has 72 valence electrons. The third-order valence-corrected chi connectivity index (χ3v) is 2.70. The van der Waals surface area contributed by atoms with Crippen molar-refractivity contribution in [3.63, 3.8) is 0 Å². The number of benzene rings is 1. The molecule has 2 aromatic rings. The van der Waals surface area contributed by atoms with Crippen LogP contribution in [0.3, 0.4) is 0 Å². The van der Waals surface area contributed by atoms with Crippen LogP contribution in [0.25, 0.3) is 10.9 Å². The Balaban J connectivity index is 3.02. The van der Waals surface area contributed by atoms with Crippen molar-refractivity contribution in [1.29, 1.82) is 0 Å². The molecule has 0 fully saturated rings. The van der Waals surface area contributed by atoms with Crippen LogP contribution in [0.1, 0.15) is 0 Å². The first-order valence-electron chi connectivity index (χ1n) is 3.76. The predicted octanol–water partition coefficient (Wildman–Crippen LogP) is 2.41. The first kappa shape index (κ1) is 9.57. The molecule has 0 spiro atoms. The zero-order valence-corrected chi connectivity index (χ0v) is 8.93. The van der Waals surface area contributed by atoms with Gasteiger partial charge in [-0.05, 0) is 34.7 Å². The SMILES string of the molecule is O=c1c(I)c[nH]c2c(F)c(F)ccc12. The quantitative estimate of drug-likeness (QED) is 0.745. The Bertz CT molecular complexity index is 564. The topological polar surface area (TPSA) is 32.9 Å². The summed E-state index contributed by atoms with van der Waals surface area (Å²) in [6.45, 7) is 0. The molecule has 0 saturated carbocycles. The van der Waals surface area contributed by atoms with E-state index < -0.39 is 11.6 Å². The summed E-state index contributed by atoms with van der Waals surface area (Å²) in [4.78, 5) is 14.0. The van der Waals surface area contributed by atoms with Crippen molar-refractivity contribution in [3.8, 4) is 0 Å². The molecule has 1 heterocycles. The Morgan fingerprint density at radius 3 is 2.71 bits per heavy atom. The Morgan fingerprint density at radius 2 is 2.00 bits per heavy atom. The van der Waals surface area contributed by atoms with E-state index in [4.69, 9.17) is 0 Å². The fourth-order valence-corrected chi connectivity index (χ4v) is 1.66. The Hall–Kier alpha value is -0.980. The lowest BCUT2D eigenvalue weighted by molar-refractivity contribution is 0.515. The summed E-state index contributed by atoms with van der Waals surface area (Å²) in [5.74, 6) is -1.98. The summed E-state index contributed by atoms with van der Waals surface area (Å²) in [5, 5.41) is 0.163. The molecule has 14 heavy (non-hydrogen) atoms. The number of rotatable bonds is 0. The van der Waals surface area contributed by atoms with Crippen molar-refractivity contribution >= 4 is 33.5 Å². The molecule has 0 aliphatic rings. The second-order valence-corrected chi connectivity index (χ2v) is 3.91.